The van der Waals surface area contributed by atoms with Gasteiger partial charge in [-0.15, -0.1) is 0 Å². The maximum Gasteiger partial charge on any atom is 0.224 e. The van der Waals surface area contributed by atoms with Crippen LogP contribution in [0.25, 0.3) is 0 Å². The lowest BCUT2D eigenvalue weighted by Gasteiger charge is -2.19. The summed E-state index contributed by atoms with van der Waals surface area (Å²) in [5.74, 6) is 2.38. The molecule has 0 aliphatic heterocycles. The molecule has 1 atom stereocenters. The van der Waals surface area contributed by atoms with Gasteiger partial charge in [-0.05, 0) is 37.3 Å². The molecule has 3 aromatic rings. The Morgan fingerprint density at radius 2 is 1.88 bits per heavy atom. The molecule has 0 radical (unpaired) electrons. The Hall–Kier alpha value is -3.81. The second kappa shape index (κ2) is 11.5. The fourth-order valence-corrected chi connectivity index (χ4v) is 2.91. The second-order valence-corrected chi connectivity index (χ2v) is 6.91. The van der Waals surface area contributed by atoms with Crippen molar-refractivity contribution in [2.75, 3.05) is 20.7 Å². The van der Waals surface area contributed by atoms with E-state index >= 15 is 0 Å². The van der Waals surface area contributed by atoms with E-state index in [2.05, 4.69) is 20.6 Å². The molecule has 2 N–H and O–H groups in total. The summed E-state index contributed by atoms with van der Waals surface area (Å²) in [5, 5.41) is 6.47. The van der Waals surface area contributed by atoms with E-state index in [-0.39, 0.29) is 11.9 Å². The lowest BCUT2D eigenvalue weighted by molar-refractivity contribution is 0.213. The van der Waals surface area contributed by atoms with Crippen molar-refractivity contribution in [3.63, 3.8) is 0 Å². The van der Waals surface area contributed by atoms with Gasteiger partial charge in [0.2, 0.25) is 5.88 Å². The third-order valence-electron chi connectivity index (χ3n) is 4.48. The van der Waals surface area contributed by atoms with Gasteiger partial charge in [-0.3, -0.25) is 4.99 Å². The van der Waals surface area contributed by atoms with Crippen LogP contribution in [0.3, 0.4) is 0 Å². The van der Waals surface area contributed by atoms with Crippen molar-refractivity contribution in [2.45, 2.75) is 19.6 Å². The van der Waals surface area contributed by atoms with Crippen molar-refractivity contribution in [1.29, 1.82) is 0 Å². The molecule has 0 amide bonds. The number of benzene rings is 2. The predicted octanol–water partition coefficient (Wildman–Crippen LogP) is 4.15. The van der Waals surface area contributed by atoms with E-state index in [0.29, 0.717) is 42.2 Å². The highest BCUT2D eigenvalue weighted by Crippen LogP contribution is 2.26. The highest BCUT2D eigenvalue weighted by atomic mass is 19.1. The Morgan fingerprint density at radius 1 is 1.06 bits per heavy atom. The second-order valence-electron chi connectivity index (χ2n) is 6.91. The molecular weight excluding hydrogens is 411 g/mol. The number of nitrogens with one attached hydrogen (secondary N) is 2. The van der Waals surface area contributed by atoms with Crippen molar-refractivity contribution in [2.24, 2.45) is 4.99 Å². The minimum absolute atomic E-state index is 0.130. The van der Waals surface area contributed by atoms with Gasteiger partial charge >= 0.3 is 0 Å². The molecule has 1 heterocycles. The predicted molar refractivity (Wildman–Crippen MR) is 122 cm³/mol. The molecule has 1 unspecified atom stereocenters. The maximum absolute atomic E-state index is 13.4. The smallest absolute Gasteiger partial charge is 0.224 e. The first-order chi connectivity index (χ1) is 15.6. The van der Waals surface area contributed by atoms with Crippen LogP contribution in [0.15, 0.2) is 71.9 Å². The fraction of sp³-hybridized carbons (Fsp3) is 0.250. The summed E-state index contributed by atoms with van der Waals surface area (Å²) >= 11 is 0. The topological polar surface area (TPSA) is 77.0 Å². The third-order valence-corrected chi connectivity index (χ3v) is 4.48. The fourth-order valence-electron chi connectivity index (χ4n) is 2.91. The number of para-hydroxylation sites is 2. The number of ether oxygens (including phenoxy) is 3. The number of nitrogens with zero attached hydrogens (tertiary/aromatic N) is 2. The zero-order valence-corrected chi connectivity index (χ0v) is 18.3. The number of hydrogen-bond acceptors (Lipinski definition) is 5. The minimum atomic E-state index is -0.368. The van der Waals surface area contributed by atoms with Crippen LogP contribution in [0.5, 0.6) is 23.1 Å². The van der Waals surface area contributed by atoms with E-state index in [0.717, 1.165) is 5.56 Å². The number of halogens is 1. The minimum Gasteiger partial charge on any atom is -0.493 e. The third kappa shape index (κ3) is 6.60. The number of aliphatic imine (C=N–C) groups is 1. The van der Waals surface area contributed by atoms with Crippen molar-refractivity contribution >= 4 is 5.96 Å². The molecular formula is C24H27FN4O3. The number of rotatable bonds is 9. The van der Waals surface area contributed by atoms with Crippen LogP contribution in [-0.2, 0) is 6.54 Å². The number of guanidine groups is 1. The van der Waals surface area contributed by atoms with Gasteiger partial charge < -0.3 is 24.8 Å². The quantitative estimate of drug-likeness (QED) is 0.386. The van der Waals surface area contributed by atoms with Gasteiger partial charge in [-0.25, -0.2) is 9.37 Å². The summed E-state index contributed by atoms with van der Waals surface area (Å²) in [4.78, 5) is 8.51. The zero-order valence-electron chi connectivity index (χ0n) is 18.3. The zero-order chi connectivity index (χ0) is 22.8. The van der Waals surface area contributed by atoms with E-state index in [9.17, 15) is 4.39 Å². The van der Waals surface area contributed by atoms with Crippen LogP contribution < -0.4 is 24.8 Å². The van der Waals surface area contributed by atoms with E-state index < -0.39 is 0 Å². The molecule has 8 heteroatoms. The summed E-state index contributed by atoms with van der Waals surface area (Å²) in [6.45, 7) is 2.90. The normalized spacial score (nSPS) is 12.1. The van der Waals surface area contributed by atoms with Gasteiger partial charge in [0, 0.05) is 31.4 Å². The number of aromatic nitrogens is 1. The lowest BCUT2D eigenvalue weighted by atomic mass is 10.2. The molecule has 3 rings (SSSR count). The van der Waals surface area contributed by atoms with Crippen molar-refractivity contribution in [3.8, 4) is 23.1 Å². The Labute approximate surface area is 187 Å². The van der Waals surface area contributed by atoms with Gasteiger partial charge in [0.15, 0.2) is 17.5 Å². The number of pyridine rings is 1. The Kier molecular flexibility index (Phi) is 8.25. The molecule has 0 saturated carbocycles. The van der Waals surface area contributed by atoms with Crippen LogP contribution >= 0.6 is 0 Å². The average molecular weight is 439 g/mol. The highest BCUT2D eigenvalue weighted by molar-refractivity contribution is 5.79. The molecule has 0 aliphatic rings. The lowest BCUT2D eigenvalue weighted by Crippen LogP contribution is -2.41. The molecule has 0 fully saturated rings. The molecule has 0 aliphatic carbocycles. The van der Waals surface area contributed by atoms with Gasteiger partial charge in [-0.2, -0.15) is 0 Å². The molecule has 0 bridgehead atoms. The van der Waals surface area contributed by atoms with Crippen LogP contribution in [0.1, 0.15) is 12.5 Å². The Bertz CT molecular complexity index is 1050. The van der Waals surface area contributed by atoms with Crippen molar-refractivity contribution in [3.05, 3.63) is 78.2 Å². The van der Waals surface area contributed by atoms with Crippen LogP contribution in [0, 0.1) is 5.82 Å². The van der Waals surface area contributed by atoms with Crippen LogP contribution in [0.4, 0.5) is 4.39 Å². The summed E-state index contributed by atoms with van der Waals surface area (Å²) in [5.41, 5.74) is 0.804. The van der Waals surface area contributed by atoms with Crippen molar-refractivity contribution in [1.82, 2.24) is 15.6 Å². The largest absolute Gasteiger partial charge is 0.493 e. The number of methoxy groups -OCH3 is 1. The first-order valence-electron chi connectivity index (χ1n) is 10.2. The highest BCUT2D eigenvalue weighted by Gasteiger charge is 2.11. The molecule has 7 nitrogen and oxygen atoms in total. The first kappa shape index (κ1) is 22.9. The SMILES string of the molecule is CN=C(NCc1cccnc1Oc1cccc(F)c1)NCC(C)Oc1ccccc1OC. The van der Waals surface area contributed by atoms with E-state index in [1.54, 1.807) is 32.5 Å². The standard InChI is InChI=1S/C24H27FN4O3/c1-17(31-22-12-5-4-11-21(22)30-3)15-28-24(26-2)29-16-18-8-7-13-27-23(18)32-20-10-6-9-19(25)14-20/h4-14,17H,15-16H2,1-3H3,(H2,26,28,29). The molecule has 1 aromatic heterocycles. The first-order valence-corrected chi connectivity index (χ1v) is 10.2. The van der Waals surface area contributed by atoms with Gasteiger partial charge in [-0.1, -0.05) is 24.3 Å². The summed E-state index contributed by atoms with van der Waals surface area (Å²) in [7, 11) is 3.30. The average Bonchev–Trinajstić information content (AvgIpc) is 2.80. The summed E-state index contributed by atoms with van der Waals surface area (Å²) in [6.07, 6.45) is 1.50. The van der Waals surface area contributed by atoms with Crippen molar-refractivity contribution < 1.29 is 18.6 Å². The molecule has 32 heavy (non-hydrogen) atoms. The van der Waals surface area contributed by atoms with Gasteiger partial charge in [0.1, 0.15) is 17.7 Å². The maximum atomic E-state index is 13.4. The van der Waals surface area contributed by atoms with E-state index in [1.165, 1.54) is 12.1 Å². The van der Waals surface area contributed by atoms with E-state index in [4.69, 9.17) is 14.2 Å². The monoisotopic (exact) mass is 438 g/mol. The molecule has 168 valence electrons. The molecule has 0 saturated heterocycles. The van der Waals surface area contributed by atoms with E-state index in [1.807, 2.05) is 43.3 Å². The Morgan fingerprint density at radius 3 is 2.62 bits per heavy atom. The molecule has 2 aromatic carbocycles. The Balaban J connectivity index is 1.54. The summed E-state index contributed by atoms with van der Waals surface area (Å²) in [6, 6.07) is 17.2. The van der Waals surface area contributed by atoms with Crippen LogP contribution in [-0.4, -0.2) is 37.7 Å². The number of hydrogen-bond donors (Lipinski definition) is 2. The van der Waals surface area contributed by atoms with Gasteiger partial charge in [0.25, 0.3) is 0 Å². The van der Waals surface area contributed by atoms with Crippen LogP contribution in [0.2, 0.25) is 0 Å². The molecule has 0 spiro atoms. The van der Waals surface area contributed by atoms with Gasteiger partial charge in [0.05, 0.1) is 13.7 Å². The summed E-state index contributed by atoms with van der Waals surface area (Å²) < 4.78 is 30.5.